The Balaban J connectivity index is 3.74. The fourth-order valence-electron chi connectivity index (χ4n) is 1.19. The minimum absolute atomic E-state index is 0.253. The van der Waals surface area contributed by atoms with Crippen molar-refractivity contribution in [3.8, 4) is 0 Å². The lowest BCUT2D eigenvalue weighted by Crippen LogP contribution is -2.19. The van der Waals surface area contributed by atoms with Gasteiger partial charge in [-0.15, -0.1) is 0 Å². The van der Waals surface area contributed by atoms with Gasteiger partial charge in [0.05, 0.1) is 0 Å². The van der Waals surface area contributed by atoms with E-state index in [0.29, 0.717) is 6.42 Å². The van der Waals surface area contributed by atoms with Crippen molar-refractivity contribution in [1.29, 1.82) is 0 Å². The van der Waals surface area contributed by atoms with Crippen molar-refractivity contribution < 1.29 is 29.2 Å². The van der Waals surface area contributed by atoms with Gasteiger partial charge in [-0.1, -0.05) is 26.7 Å². The van der Waals surface area contributed by atoms with Gasteiger partial charge in [0.2, 0.25) is 0 Å². The smallest absolute Gasteiger partial charge is 0.447 e. The zero-order chi connectivity index (χ0) is 12.4. The number of hydrogen-bond acceptors (Lipinski definition) is 5. The Labute approximate surface area is 94.4 Å². The second kappa shape index (κ2) is 8.82. The van der Waals surface area contributed by atoms with Gasteiger partial charge in [-0.25, -0.2) is 9.68 Å². The highest BCUT2D eigenvalue weighted by Crippen LogP contribution is 2.10. The van der Waals surface area contributed by atoms with E-state index in [1.165, 1.54) is 0 Å². The Morgan fingerprint density at radius 1 is 1.19 bits per heavy atom. The van der Waals surface area contributed by atoms with Gasteiger partial charge in [-0.3, -0.25) is 0 Å². The molecule has 0 radical (unpaired) electrons. The monoisotopic (exact) mass is 234 g/mol. The van der Waals surface area contributed by atoms with Crippen LogP contribution in [0.25, 0.3) is 0 Å². The highest BCUT2D eigenvalue weighted by molar-refractivity contribution is 5.62. The van der Waals surface area contributed by atoms with Crippen molar-refractivity contribution in [1.82, 2.24) is 0 Å². The van der Waals surface area contributed by atoms with Gasteiger partial charge < -0.3 is 9.84 Å². The van der Waals surface area contributed by atoms with Gasteiger partial charge in [-0.05, 0) is 19.3 Å². The quantitative estimate of drug-likeness (QED) is 0.329. The molecule has 0 aromatic carbocycles. The molecule has 0 spiro atoms. The Kier molecular flexibility index (Phi) is 8.01. The van der Waals surface area contributed by atoms with Gasteiger partial charge in [0.25, 0.3) is 0 Å². The Hall–Kier alpha value is -1.46. The normalized spacial score (nSPS) is 11.6. The predicted octanol–water partition coefficient (Wildman–Crippen LogP) is 3.11. The molecule has 0 aliphatic carbocycles. The van der Waals surface area contributed by atoms with Gasteiger partial charge in [-0.2, -0.15) is 9.68 Å². The van der Waals surface area contributed by atoms with Crippen LogP contribution in [0.2, 0.25) is 0 Å². The Bertz CT molecular complexity index is 215. The van der Waals surface area contributed by atoms with Crippen LogP contribution in [0.1, 0.15) is 46.0 Å². The van der Waals surface area contributed by atoms with Gasteiger partial charge in [0, 0.05) is 0 Å². The van der Waals surface area contributed by atoms with Crippen LogP contribution < -0.4 is 0 Å². The summed E-state index contributed by atoms with van der Waals surface area (Å²) >= 11 is 0. The van der Waals surface area contributed by atoms with E-state index in [4.69, 9.17) is 9.84 Å². The lowest BCUT2D eigenvalue weighted by atomic mass is 10.1. The van der Waals surface area contributed by atoms with Gasteiger partial charge in [0.15, 0.2) is 0 Å². The molecule has 0 aromatic rings. The van der Waals surface area contributed by atoms with Crippen molar-refractivity contribution in [2.24, 2.45) is 0 Å². The zero-order valence-corrected chi connectivity index (χ0v) is 9.60. The SMILES string of the molecule is CCCCCC(CC)OC(=O)OOC(=O)O. The van der Waals surface area contributed by atoms with Crippen LogP contribution >= 0.6 is 0 Å². The highest BCUT2D eigenvalue weighted by atomic mass is 17.3. The maximum atomic E-state index is 10.9. The number of hydrogen-bond donors (Lipinski definition) is 1. The van der Waals surface area contributed by atoms with E-state index in [-0.39, 0.29) is 6.10 Å². The van der Waals surface area contributed by atoms with Crippen LogP contribution in [-0.4, -0.2) is 23.5 Å². The van der Waals surface area contributed by atoms with Crippen molar-refractivity contribution in [3.63, 3.8) is 0 Å². The molecule has 0 heterocycles. The van der Waals surface area contributed by atoms with Crippen LogP contribution in [0.4, 0.5) is 9.59 Å². The maximum Gasteiger partial charge on any atom is 0.550 e. The molecule has 16 heavy (non-hydrogen) atoms. The Morgan fingerprint density at radius 2 is 1.88 bits per heavy atom. The summed E-state index contributed by atoms with van der Waals surface area (Å²) in [4.78, 5) is 28.3. The van der Waals surface area contributed by atoms with Crippen molar-refractivity contribution >= 4 is 12.3 Å². The fourth-order valence-corrected chi connectivity index (χ4v) is 1.19. The number of carbonyl (C=O) groups is 2. The summed E-state index contributed by atoms with van der Waals surface area (Å²) in [5.74, 6) is 0. The first-order valence-corrected chi connectivity index (χ1v) is 5.38. The standard InChI is InChI=1S/C10H18O6/c1-3-5-6-7-8(4-2)14-10(13)16-15-9(11)12/h8H,3-7H2,1-2H3,(H,11,12). The van der Waals surface area contributed by atoms with Crippen molar-refractivity contribution in [2.45, 2.75) is 52.1 Å². The third-order valence-electron chi connectivity index (χ3n) is 2.03. The molecule has 0 bridgehead atoms. The molecule has 0 aromatic heterocycles. The zero-order valence-electron chi connectivity index (χ0n) is 9.60. The summed E-state index contributed by atoms with van der Waals surface area (Å²) < 4.78 is 4.85. The fraction of sp³-hybridized carbons (Fsp3) is 0.800. The first-order valence-electron chi connectivity index (χ1n) is 5.38. The first-order chi connectivity index (χ1) is 7.60. The molecule has 0 fully saturated rings. The molecule has 1 N–H and O–H groups in total. The van der Waals surface area contributed by atoms with Gasteiger partial charge in [0.1, 0.15) is 6.10 Å². The van der Waals surface area contributed by atoms with E-state index >= 15 is 0 Å². The van der Waals surface area contributed by atoms with E-state index in [2.05, 4.69) is 16.7 Å². The third kappa shape index (κ3) is 7.90. The number of unbranched alkanes of at least 4 members (excludes halogenated alkanes) is 2. The van der Waals surface area contributed by atoms with E-state index in [1.807, 2.05) is 6.92 Å². The summed E-state index contributed by atoms with van der Waals surface area (Å²) in [6.45, 7) is 3.96. The molecule has 0 saturated carbocycles. The largest absolute Gasteiger partial charge is 0.550 e. The highest BCUT2D eigenvalue weighted by Gasteiger charge is 2.15. The summed E-state index contributed by atoms with van der Waals surface area (Å²) in [5.41, 5.74) is 0. The predicted molar refractivity (Wildman–Crippen MR) is 54.9 cm³/mol. The van der Waals surface area contributed by atoms with Crippen molar-refractivity contribution in [3.05, 3.63) is 0 Å². The van der Waals surface area contributed by atoms with Crippen LogP contribution in [0.3, 0.4) is 0 Å². The molecule has 0 saturated heterocycles. The lowest BCUT2D eigenvalue weighted by molar-refractivity contribution is -0.217. The molecular weight excluding hydrogens is 216 g/mol. The molecule has 94 valence electrons. The molecule has 1 atom stereocenters. The van der Waals surface area contributed by atoms with Crippen LogP contribution in [-0.2, 0) is 14.5 Å². The average molecular weight is 234 g/mol. The average Bonchev–Trinajstić information content (AvgIpc) is 2.25. The van der Waals surface area contributed by atoms with E-state index in [0.717, 1.165) is 25.7 Å². The third-order valence-corrected chi connectivity index (χ3v) is 2.03. The molecule has 0 amide bonds. The second-order valence-corrected chi connectivity index (χ2v) is 3.33. The summed E-state index contributed by atoms with van der Waals surface area (Å²) in [7, 11) is 0. The number of rotatable bonds is 6. The second-order valence-electron chi connectivity index (χ2n) is 3.33. The van der Waals surface area contributed by atoms with E-state index < -0.39 is 12.3 Å². The minimum atomic E-state index is -1.68. The Morgan fingerprint density at radius 3 is 2.38 bits per heavy atom. The minimum Gasteiger partial charge on any atom is -0.447 e. The molecule has 0 aliphatic heterocycles. The lowest BCUT2D eigenvalue weighted by Gasteiger charge is -2.14. The summed E-state index contributed by atoms with van der Waals surface area (Å²) in [6.07, 6.45) is 1.46. The number of ether oxygens (including phenoxy) is 1. The van der Waals surface area contributed by atoms with Crippen molar-refractivity contribution in [2.75, 3.05) is 0 Å². The van der Waals surface area contributed by atoms with Crippen LogP contribution in [0, 0.1) is 0 Å². The van der Waals surface area contributed by atoms with E-state index in [1.54, 1.807) is 0 Å². The summed E-state index contributed by atoms with van der Waals surface area (Å²) in [5, 5.41) is 8.07. The number of carboxylic acid groups (broad SMARTS) is 1. The van der Waals surface area contributed by atoms with Crippen LogP contribution in [0.15, 0.2) is 0 Å². The summed E-state index contributed by atoms with van der Waals surface area (Å²) in [6, 6.07) is 0. The number of carbonyl (C=O) groups excluding carboxylic acids is 1. The molecule has 6 heteroatoms. The molecular formula is C10H18O6. The molecule has 6 nitrogen and oxygen atoms in total. The van der Waals surface area contributed by atoms with Crippen LogP contribution in [0.5, 0.6) is 0 Å². The topological polar surface area (TPSA) is 82.1 Å². The molecule has 0 aliphatic rings. The molecule has 1 unspecified atom stereocenters. The van der Waals surface area contributed by atoms with E-state index in [9.17, 15) is 9.59 Å². The maximum absolute atomic E-state index is 10.9. The van der Waals surface area contributed by atoms with Gasteiger partial charge >= 0.3 is 12.3 Å². The molecule has 0 rings (SSSR count). The first kappa shape index (κ1) is 14.5.